The quantitative estimate of drug-likeness (QED) is 0.755. The Kier molecular flexibility index (Phi) is 3.52. The van der Waals surface area contributed by atoms with Crippen molar-refractivity contribution >= 4 is 5.97 Å². The van der Waals surface area contributed by atoms with Crippen LogP contribution in [-0.4, -0.2) is 19.4 Å². The highest BCUT2D eigenvalue weighted by Crippen LogP contribution is 2.38. The molecule has 0 bridgehead atoms. The number of ether oxygens (including phenoxy) is 3. The molecule has 2 aromatic carbocycles. The van der Waals surface area contributed by atoms with Gasteiger partial charge < -0.3 is 14.2 Å². The number of methoxy groups -OCH3 is 1. The predicted molar refractivity (Wildman–Crippen MR) is 77.5 cm³/mol. The maximum atomic E-state index is 11.9. The average Bonchev–Trinajstić information content (AvgIpc) is 2.52. The summed E-state index contributed by atoms with van der Waals surface area (Å²) >= 11 is 0. The van der Waals surface area contributed by atoms with Crippen LogP contribution in [-0.2, 0) is 9.53 Å². The fourth-order valence-corrected chi connectivity index (χ4v) is 2.51. The van der Waals surface area contributed by atoms with E-state index in [-0.39, 0.29) is 5.92 Å². The Morgan fingerprint density at radius 3 is 1.90 bits per heavy atom. The van der Waals surface area contributed by atoms with Gasteiger partial charge in [-0.05, 0) is 12.1 Å². The molecule has 0 saturated carbocycles. The minimum atomic E-state index is -1.11. The zero-order valence-corrected chi connectivity index (χ0v) is 11.9. The number of hydrogen-bond donors (Lipinski definition) is 0. The molecule has 0 fully saturated rings. The minimum Gasteiger partial charge on any atom is -0.463 e. The van der Waals surface area contributed by atoms with Crippen molar-refractivity contribution in [2.75, 3.05) is 7.11 Å². The highest BCUT2D eigenvalue weighted by atomic mass is 16.7. The lowest BCUT2D eigenvalue weighted by Gasteiger charge is -2.27. The summed E-state index contributed by atoms with van der Waals surface area (Å²) in [5.74, 6) is 0.815. The van der Waals surface area contributed by atoms with Gasteiger partial charge in [0.25, 0.3) is 0 Å². The third-order valence-electron chi connectivity index (χ3n) is 3.63. The van der Waals surface area contributed by atoms with Crippen molar-refractivity contribution in [2.24, 2.45) is 0 Å². The monoisotopic (exact) mass is 284 g/mol. The molecule has 0 aliphatic carbocycles. The zero-order valence-electron chi connectivity index (χ0n) is 11.9. The molecule has 0 spiro atoms. The molecule has 4 nitrogen and oxygen atoms in total. The zero-order chi connectivity index (χ0) is 14.8. The van der Waals surface area contributed by atoms with E-state index in [1.54, 1.807) is 0 Å². The van der Waals surface area contributed by atoms with Crippen LogP contribution in [0.1, 0.15) is 24.0 Å². The maximum Gasteiger partial charge on any atom is 0.389 e. The number of carbonyl (C=O) groups is 1. The molecule has 1 aliphatic rings. The molecule has 0 saturated heterocycles. The van der Waals surface area contributed by atoms with Crippen LogP contribution in [0.3, 0.4) is 0 Å². The van der Waals surface area contributed by atoms with Crippen LogP contribution >= 0.6 is 0 Å². The first-order chi connectivity index (χ1) is 10.2. The number of rotatable bonds is 1. The molecule has 108 valence electrons. The summed E-state index contributed by atoms with van der Waals surface area (Å²) in [6.07, 6.45) is -1.11. The molecular formula is C17H16O4. The van der Waals surface area contributed by atoms with Crippen LogP contribution in [0.25, 0.3) is 0 Å². The highest BCUT2D eigenvalue weighted by Gasteiger charge is 2.30. The topological polar surface area (TPSA) is 44.8 Å². The minimum absolute atomic E-state index is 0.107. The Balaban J connectivity index is 2.13. The van der Waals surface area contributed by atoms with Gasteiger partial charge in [0.1, 0.15) is 11.5 Å². The summed E-state index contributed by atoms with van der Waals surface area (Å²) < 4.78 is 16.2. The Morgan fingerprint density at radius 1 is 0.952 bits per heavy atom. The summed E-state index contributed by atoms with van der Waals surface area (Å²) in [7, 11) is 1.31. The van der Waals surface area contributed by atoms with E-state index >= 15 is 0 Å². The molecule has 21 heavy (non-hydrogen) atoms. The first-order valence-corrected chi connectivity index (χ1v) is 6.79. The van der Waals surface area contributed by atoms with E-state index in [2.05, 4.69) is 6.92 Å². The van der Waals surface area contributed by atoms with Gasteiger partial charge in [-0.2, -0.15) is 0 Å². The summed E-state index contributed by atoms with van der Waals surface area (Å²) in [6, 6.07) is 15.3. The standard InChI is InChI=1S/C17H16O4/c1-11-12-7-3-5-9-14(12)20-17(16(18)19-2)21-15-10-6-4-8-13(11)15/h3-11,17H,1-2H3. The first-order valence-electron chi connectivity index (χ1n) is 6.79. The molecule has 0 atom stereocenters. The molecule has 0 amide bonds. The second kappa shape index (κ2) is 5.48. The first kappa shape index (κ1) is 13.5. The van der Waals surface area contributed by atoms with Crippen molar-refractivity contribution in [3.63, 3.8) is 0 Å². The van der Waals surface area contributed by atoms with E-state index in [4.69, 9.17) is 14.2 Å². The van der Waals surface area contributed by atoms with Gasteiger partial charge in [-0.15, -0.1) is 0 Å². The van der Waals surface area contributed by atoms with Gasteiger partial charge in [0.15, 0.2) is 0 Å². The van der Waals surface area contributed by atoms with E-state index in [0.29, 0.717) is 11.5 Å². The lowest BCUT2D eigenvalue weighted by Crippen LogP contribution is -2.35. The van der Waals surface area contributed by atoms with Crippen molar-refractivity contribution in [1.29, 1.82) is 0 Å². The van der Waals surface area contributed by atoms with Gasteiger partial charge in [-0.3, -0.25) is 0 Å². The van der Waals surface area contributed by atoms with Crippen molar-refractivity contribution in [2.45, 2.75) is 19.1 Å². The van der Waals surface area contributed by atoms with Crippen LogP contribution in [0.15, 0.2) is 48.5 Å². The number of para-hydroxylation sites is 2. The second-order valence-electron chi connectivity index (χ2n) is 4.89. The fraction of sp³-hybridized carbons (Fsp3) is 0.235. The Labute approximate surface area is 123 Å². The molecule has 1 aliphatic heterocycles. The van der Waals surface area contributed by atoms with E-state index in [1.165, 1.54) is 7.11 Å². The number of benzene rings is 2. The SMILES string of the molecule is COC(=O)C1Oc2ccccc2C(C)c2ccccc2O1. The largest absolute Gasteiger partial charge is 0.463 e. The Morgan fingerprint density at radius 2 is 1.43 bits per heavy atom. The number of fused-ring (bicyclic) bond motifs is 2. The average molecular weight is 284 g/mol. The van der Waals surface area contributed by atoms with E-state index in [1.807, 2.05) is 48.5 Å². The van der Waals surface area contributed by atoms with Gasteiger partial charge in [-0.25, -0.2) is 4.79 Å². The normalized spacial score (nSPS) is 19.9. The van der Waals surface area contributed by atoms with Gasteiger partial charge in [-0.1, -0.05) is 43.3 Å². The lowest BCUT2D eigenvalue weighted by atomic mass is 9.91. The van der Waals surface area contributed by atoms with E-state index < -0.39 is 12.3 Å². The van der Waals surface area contributed by atoms with Crippen LogP contribution in [0.4, 0.5) is 0 Å². The highest BCUT2D eigenvalue weighted by molar-refractivity contribution is 5.74. The van der Waals surface area contributed by atoms with Crippen LogP contribution in [0, 0.1) is 0 Å². The van der Waals surface area contributed by atoms with Crippen molar-refractivity contribution in [3.05, 3.63) is 59.7 Å². The van der Waals surface area contributed by atoms with Crippen molar-refractivity contribution < 1.29 is 19.0 Å². The van der Waals surface area contributed by atoms with Crippen molar-refractivity contribution in [3.8, 4) is 11.5 Å². The second-order valence-corrected chi connectivity index (χ2v) is 4.89. The Hall–Kier alpha value is -2.49. The van der Waals surface area contributed by atoms with Crippen LogP contribution in [0.2, 0.25) is 0 Å². The third kappa shape index (κ3) is 2.44. The predicted octanol–water partition coefficient (Wildman–Crippen LogP) is 3.11. The van der Waals surface area contributed by atoms with Gasteiger partial charge in [0.2, 0.25) is 0 Å². The smallest absolute Gasteiger partial charge is 0.389 e. The summed E-state index contributed by atoms with van der Waals surface area (Å²) in [6.45, 7) is 2.09. The number of hydrogen-bond acceptors (Lipinski definition) is 4. The summed E-state index contributed by atoms with van der Waals surface area (Å²) in [4.78, 5) is 11.9. The molecule has 0 radical (unpaired) electrons. The summed E-state index contributed by atoms with van der Waals surface area (Å²) in [5.41, 5.74) is 2.03. The molecule has 0 N–H and O–H groups in total. The molecule has 2 aromatic rings. The number of esters is 1. The fourth-order valence-electron chi connectivity index (χ4n) is 2.51. The van der Waals surface area contributed by atoms with E-state index in [9.17, 15) is 4.79 Å². The molecule has 4 heteroatoms. The maximum absolute atomic E-state index is 11.9. The third-order valence-corrected chi connectivity index (χ3v) is 3.63. The molecule has 1 heterocycles. The lowest BCUT2D eigenvalue weighted by molar-refractivity contribution is -0.162. The van der Waals surface area contributed by atoms with Crippen LogP contribution < -0.4 is 9.47 Å². The number of carbonyl (C=O) groups excluding carboxylic acids is 1. The van der Waals surface area contributed by atoms with Gasteiger partial charge in [0.05, 0.1) is 7.11 Å². The summed E-state index contributed by atoms with van der Waals surface area (Å²) in [5, 5.41) is 0. The molecular weight excluding hydrogens is 268 g/mol. The molecule has 0 aromatic heterocycles. The van der Waals surface area contributed by atoms with Gasteiger partial charge >= 0.3 is 12.3 Å². The van der Waals surface area contributed by atoms with Crippen molar-refractivity contribution in [1.82, 2.24) is 0 Å². The molecule has 3 rings (SSSR count). The van der Waals surface area contributed by atoms with Gasteiger partial charge in [0, 0.05) is 17.0 Å². The van der Waals surface area contributed by atoms with E-state index in [0.717, 1.165) is 11.1 Å². The molecule has 0 unspecified atom stereocenters. The van der Waals surface area contributed by atoms with Crippen LogP contribution in [0.5, 0.6) is 11.5 Å². The Bertz CT molecular complexity index is 616.